The van der Waals surface area contributed by atoms with Crippen molar-refractivity contribution in [2.75, 3.05) is 12.4 Å². The molecule has 1 heterocycles. The van der Waals surface area contributed by atoms with Crippen molar-refractivity contribution in [1.29, 1.82) is 0 Å². The molecule has 1 unspecified atom stereocenters. The van der Waals surface area contributed by atoms with E-state index in [4.69, 9.17) is 15.3 Å². The summed E-state index contributed by atoms with van der Waals surface area (Å²) < 4.78 is 5.32. The van der Waals surface area contributed by atoms with Gasteiger partial charge < -0.3 is 15.3 Å². The van der Waals surface area contributed by atoms with Crippen LogP contribution in [0.1, 0.15) is 24.7 Å². The smallest absolute Gasteiger partial charge is 0.116 e. The second kappa shape index (κ2) is 5.58. The summed E-state index contributed by atoms with van der Waals surface area (Å²) in [5.41, 5.74) is 6.56. The molecule has 0 aliphatic heterocycles. The third kappa shape index (κ3) is 4.28. The van der Waals surface area contributed by atoms with Crippen LogP contribution >= 0.6 is 11.8 Å². The summed E-state index contributed by atoms with van der Waals surface area (Å²) in [6.07, 6.45) is 2.53. The van der Waals surface area contributed by atoms with Crippen LogP contribution in [-0.4, -0.2) is 23.0 Å². The minimum atomic E-state index is -0.453. The van der Waals surface area contributed by atoms with Crippen LogP contribution in [0.25, 0.3) is 0 Å². The Morgan fingerprint density at radius 2 is 2.33 bits per heavy atom. The van der Waals surface area contributed by atoms with Crippen LogP contribution in [0.3, 0.4) is 0 Å². The molecule has 0 bridgehead atoms. The summed E-state index contributed by atoms with van der Waals surface area (Å²) in [6.45, 7) is 3.94. The van der Waals surface area contributed by atoms with E-state index < -0.39 is 5.54 Å². The number of aliphatic hydroxyl groups excluding tert-OH is 1. The number of aliphatic hydroxyl groups is 1. The maximum Gasteiger partial charge on any atom is 0.116 e. The van der Waals surface area contributed by atoms with E-state index >= 15 is 0 Å². The fourth-order valence-electron chi connectivity index (χ4n) is 1.10. The molecule has 1 aromatic rings. The lowest BCUT2D eigenvalue weighted by atomic mass is 10.0. The zero-order valence-corrected chi connectivity index (χ0v) is 10.1. The molecule has 0 aliphatic rings. The first-order valence-corrected chi connectivity index (χ1v) is 6.21. The van der Waals surface area contributed by atoms with Gasteiger partial charge in [-0.05, 0) is 37.7 Å². The minimum absolute atomic E-state index is 0.0351. The van der Waals surface area contributed by atoms with Crippen molar-refractivity contribution < 1.29 is 9.52 Å². The molecule has 0 spiro atoms. The van der Waals surface area contributed by atoms with E-state index in [1.807, 2.05) is 19.9 Å². The fraction of sp³-hybridized carbons (Fsp3) is 0.636. The van der Waals surface area contributed by atoms with Gasteiger partial charge in [-0.3, -0.25) is 0 Å². The Labute approximate surface area is 95.0 Å². The number of furan rings is 1. The normalized spacial score (nSPS) is 15.2. The van der Waals surface area contributed by atoms with Crippen molar-refractivity contribution >= 4 is 11.8 Å². The van der Waals surface area contributed by atoms with E-state index in [0.717, 1.165) is 23.7 Å². The molecule has 1 rings (SSSR count). The summed E-state index contributed by atoms with van der Waals surface area (Å²) >= 11 is 1.78. The Hall–Kier alpha value is -0.450. The molecule has 0 radical (unpaired) electrons. The SMILES string of the molecule is Cc1ccoc1CSCCC(C)(N)CO. The molecule has 1 aromatic heterocycles. The molecule has 3 N–H and O–H groups in total. The molecule has 0 amide bonds. The number of hydrogen-bond donors (Lipinski definition) is 2. The van der Waals surface area contributed by atoms with Crippen LogP contribution in [0.2, 0.25) is 0 Å². The van der Waals surface area contributed by atoms with Gasteiger partial charge in [-0.15, -0.1) is 0 Å². The van der Waals surface area contributed by atoms with Gasteiger partial charge in [0.1, 0.15) is 5.76 Å². The molecule has 0 saturated heterocycles. The van der Waals surface area contributed by atoms with Gasteiger partial charge in [0.2, 0.25) is 0 Å². The second-order valence-corrected chi connectivity index (χ2v) is 5.25. The molecule has 1 atom stereocenters. The Morgan fingerprint density at radius 3 is 2.87 bits per heavy atom. The Bertz CT molecular complexity index is 297. The van der Waals surface area contributed by atoms with E-state index in [-0.39, 0.29) is 6.61 Å². The molecule has 15 heavy (non-hydrogen) atoms. The number of thioether (sulfide) groups is 1. The molecular weight excluding hydrogens is 210 g/mol. The largest absolute Gasteiger partial charge is 0.468 e. The van der Waals surface area contributed by atoms with Gasteiger partial charge in [-0.25, -0.2) is 0 Å². The van der Waals surface area contributed by atoms with Crippen LogP contribution in [0.15, 0.2) is 16.7 Å². The van der Waals surface area contributed by atoms with Crippen molar-refractivity contribution in [2.24, 2.45) is 5.73 Å². The third-order valence-corrected chi connectivity index (χ3v) is 3.34. The van der Waals surface area contributed by atoms with Crippen molar-refractivity contribution in [2.45, 2.75) is 31.6 Å². The first-order chi connectivity index (χ1) is 7.05. The quantitative estimate of drug-likeness (QED) is 0.732. The van der Waals surface area contributed by atoms with E-state index in [0.29, 0.717) is 0 Å². The van der Waals surface area contributed by atoms with E-state index in [1.165, 1.54) is 5.56 Å². The van der Waals surface area contributed by atoms with Crippen molar-refractivity contribution in [1.82, 2.24) is 0 Å². The zero-order valence-electron chi connectivity index (χ0n) is 9.32. The number of nitrogens with two attached hydrogens (primary N) is 1. The number of aryl methyl sites for hydroxylation is 1. The van der Waals surface area contributed by atoms with Crippen LogP contribution in [-0.2, 0) is 5.75 Å². The maximum absolute atomic E-state index is 8.97. The zero-order chi connectivity index (χ0) is 11.3. The monoisotopic (exact) mass is 229 g/mol. The van der Waals surface area contributed by atoms with Gasteiger partial charge in [0.15, 0.2) is 0 Å². The van der Waals surface area contributed by atoms with Gasteiger partial charge in [0.25, 0.3) is 0 Å². The molecular formula is C11H19NO2S. The highest BCUT2D eigenvalue weighted by atomic mass is 32.2. The van der Waals surface area contributed by atoms with Gasteiger partial charge >= 0.3 is 0 Å². The highest BCUT2D eigenvalue weighted by Gasteiger charge is 2.16. The third-order valence-electron chi connectivity index (χ3n) is 2.38. The average molecular weight is 229 g/mol. The van der Waals surface area contributed by atoms with Crippen molar-refractivity contribution in [3.05, 3.63) is 23.7 Å². The van der Waals surface area contributed by atoms with Crippen LogP contribution in [0.5, 0.6) is 0 Å². The standard InChI is InChI=1S/C11H19NO2S/c1-9-3-5-14-10(9)7-15-6-4-11(2,12)8-13/h3,5,13H,4,6-8,12H2,1-2H3. The van der Waals surface area contributed by atoms with Crippen molar-refractivity contribution in [3.63, 3.8) is 0 Å². The first-order valence-electron chi connectivity index (χ1n) is 5.05. The first kappa shape index (κ1) is 12.6. The summed E-state index contributed by atoms with van der Waals surface area (Å²) in [6, 6.07) is 1.97. The van der Waals surface area contributed by atoms with Crippen LogP contribution in [0, 0.1) is 6.92 Å². The lowest BCUT2D eigenvalue weighted by Gasteiger charge is -2.20. The van der Waals surface area contributed by atoms with Crippen molar-refractivity contribution in [3.8, 4) is 0 Å². The predicted molar refractivity (Wildman–Crippen MR) is 63.9 cm³/mol. The van der Waals surface area contributed by atoms with E-state index in [9.17, 15) is 0 Å². The molecule has 3 nitrogen and oxygen atoms in total. The lowest BCUT2D eigenvalue weighted by molar-refractivity contribution is 0.206. The highest BCUT2D eigenvalue weighted by molar-refractivity contribution is 7.98. The molecule has 4 heteroatoms. The molecule has 0 aliphatic carbocycles. The predicted octanol–water partition coefficient (Wildman–Crippen LogP) is 1.92. The summed E-state index contributed by atoms with van der Waals surface area (Å²) in [4.78, 5) is 0. The van der Waals surface area contributed by atoms with Crippen LogP contribution in [0.4, 0.5) is 0 Å². The summed E-state index contributed by atoms with van der Waals surface area (Å²) in [7, 11) is 0. The topological polar surface area (TPSA) is 59.4 Å². The molecule has 0 aromatic carbocycles. The number of hydrogen-bond acceptors (Lipinski definition) is 4. The second-order valence-electron chi connectivity index (χ2n) is 4.14. The van der Waals surface area contributed by atoms with E-state index in [1.54, 1.807) is 18.0 Å². The van der Waals surface area contributed by atoms with Gasteiger partial charge in [0.05, 0.1) is 18.6 Å². The Kier molecular flexibility index (Phi) is 4.70. The lowest BCUT2D eigenvalue weighted by Crippen LogP contribution is -2.40. The fourth-order valence-corrected chi connectivity index (χ4v) is 2.34. The summed E-state index contributed by atoms with van der Waals surface area (Å²) in [5, 5.41) is 8.97. The van der Waals surface area contributed by atoms with Gasteiger partial charge in [0, 0.05) is 5.54 Å². The average Bonchev–Trinajstić information content (AvgIpc) is 2.59. The minimum Gasteiger partial charge on any atom is -0.468 e. The van der Waals surface area contributed by atoms with E-state index in [2.05, 4.69) is 0 Å². The van der Waals surface area contributed by atoms with Gasteiger partial charge in [-0.1, -0.05) is 0 Å². The Balaban J connectivity index is 2.20. The highest BCUT2D eigenvalue weighted by Crippen LogP contribution is 2.19. The maximum atomic E-state index is 8.97. The molecule has 0 saturated carbocycles. The Morgan fingerprint density at radius 1 is 1.60 bits per heavy atom. The summed E-state index contributed by atoms with van der Waals surface area (Å²) in [5.74, 6) is 2.84. The number of rotatable bonds is 6. The molecule has 86 valence electrons. The molecule has 0 fully saturated rings. The van der Waals surface area contributed by atoms with Gasteiger partial charge in [-0.2, -0.15) is 11.8 Å². The van der Waals surface area contributed by atoms with Crippen LogP contribution < -0.4 is 5.73 Å².